The first-order valence-electron chi connectivity index (χ1n) is 9.62. The molecule has 29 heavy (non-hydrogen) atoms. The summed E-state index contributed by atoms with van der Waals surface area (Å²) < 4.78 is 15.1. The summed E-state index contributed by atoms with van der Waals surface area (Å²) in [7, 11) is 1.48. The van der Waals surface area contributed by atoms with Crippen molar-refractivity contribution >= 4 is 16.7 Å². The second kappa shape index (κ2) is 9.20. The lowest BCUT2D eigenvalue weighted by molar-refractivity contribution is -0.166. The lowest BCUT2D eigenvalue weighted by atomic mass is 9.85. The fourth-order valence-corrected chi connectivity index (χ4v) is 5.29. The van der Waals surface area contributed by atoms with Gasteiger partial charge in [0.25, 0.3) is 5.56 Å². The van der Waals surface area contributed by atoms with Gasteiger partial charge in [-0.2, -0.15) is 0 Å². The molecule has 0 bridgehead atoms. The van der Waals surface area contributed by atoms with Gasteiger partial charge in [0.2, 0.25) is 0 Å². The lowest BCUT2D eigenvalue weighted by Gasteiger charge is -2.36. The van der Waals surface area contributed by atoms with E-state index in [4.69, 9.17) is 9.47 Å². The van der Waals surface area contributed by atoms with Crippen LogP contribution in [0.15, 0.2) is 52.2 Å². The summed E-state index contributed by atoms with van der Waals surface area (Å²) >= 11 is 0. The first kappa shape index (κ1) is 22.3. The summed E-state index contributed by atoms with van der Waals surface area (Å²) in [4.78, 5) is 25.3. The molecule has 2 heterocycles. The molecule has 6 atom stereocenters. The van der Waals surface area contributed by atoms with Crippen LogP contribution in [0.3, 0.4) is 0 Å². The van der Waals surface area contributed by atoms with Crippen molar-refractivity contribution in [3.05, 3.63) is 69.0 Å². The molecule has 0 saturated carbocycles. The molecule has 0 radical (unpaired) electrons. The molecule has 1 aromatic heterocycles. The van der Waals surface area contributed by atoms with Gasteiger partial charge in [-0.1, -0.05) is 53.1 Å². The van der Waals surface area contributed by atoms with E-state index in [2.05, 4.69) is 8.93 Å². The Morgan fingerprint density at radius 1 is 1.28 bits per heavy atom. The van der Waals surface area contributed by atoms with Crippen molar-refractivity contribution in [1.82, 2.24) is 8.90 Å². The third-order valence-corrected chi connectivity index (χ3v) is 7.30. The molecule has 0 amide bonds. The number of aromatic nitrogens is 2. The molecule has 3 rings (SSSR count). The standard InChI is InChI=1S/C20H28N2O5P2/c1-4-16-14(2)20(13-23,26-12-15-8-6-5-7-9-15)18(27-16)21-11-10-17(24)22(19(21)25)29(3)28/h5-11,14,16,18,23H,4,12-13,28H2,1-3H3/t14-,16-,18-,20-,29?/m1/s1. The molecule has 158 valence electrons. The highest BCUT2D eigenvalue weighted by Gasteiger charge is 2.56. The van der Waals surface area contributed by atoms with Crippen LogP contribution in [0.1, 0.15) is 32.1 Å². The Kier molecular flexibility index (Phi) is 7.08. The SMILES string of the molecule is CC[C@H]1O[C@@H](n2ccc(=O)n(P(C)P)c2=O)[C@](CO)(OCc2ccccc2)[C@@H]1C. The Hall–Kier alpha value is -1.36. The summed E-state index contributed by atoms with van der Waals surface area (Å²) in [6.07, 6.45) is 1.13. The molecule has 0 aliphatic carbocycles. The van der Waals surface area contributed by atoms with Crippen LogP contribution in [0.25, 0.3) is 0 Å². The molecule has 2 unspecified atom stereocenters. The fourth-order valence-electron chi connectivity index (χ4n) is 3.90. The van der Waals surface area contributed by atoms with Crippen LogP contribution in [-0.4, -0.2) is 39.0 Å². The van der Waals surface area contributed by atoms with Crippen LogP contribution in [-0.2, 0) is 16.1 Å². The van der Waals surface area contributed by atoms with Crippen LogP contribution >= 0.6 is 16.7 Å². The van der Waals surface area contributed by atoms with Gasteiger partial charge < -0.3 is 14.6 Å². The smallest absolute Gasteiger partial charge is 0.336 e. The van der Waals surface area contributed by atoms with E-state index in [0.717, 1.165) is 5.56 Å². The number of aliphatic hydroxyl groups is 1. The summed E-state index contributed by atoms with van der Waals surface area (Å²) in [5.41, 5.74) is -0.963. The van der Waals surface area contributed by atoms with Crippen molar-refractivity contribution in [2.45, 2.75) is 44.8 Å². The molecule has 9 heteroatoms. The maximum atomic E-state index is 13.1. The fraction of sp³-hybridized carbons (Fsp3) is 0.500. The highest BCUT2D eigenvalue weighted by atomic mass is 32.0. The van der Waals surface area contributed by atoms with E-state index in [1.807, 2.05) is 50.8 Å². The quantitative estimate of drug-likeness (QED) is 0.672. The Morgan fingerprint density at radius 2 is 1.97 bits per heavy atom. The molecule has 1 N–H and O–H groups in total. The molecule has 7 nitrogen and oxygen atoms in total. The first-order valence-corrected chi connectivity index (χ1v) is 13.0. The number of hydrogen-bond donors (Lipinski definition) is 1. The molecule has 1 fully saturated rings. The van der Waals surface area contributed by atoms with Gasteiger partial charge in [-0.05, 0) is 18.6 Å². The van der Waals surface area contributed by atoms with Crippen LogP contribution < -0.4 is 11.2 Å². The molecule has 1 aromatic carbocycles. The van der Waals surface area contributed by atoms with E-state index in [9.17, 15) is 14.7 Å². The average molecular weight is 438 g/mol. The lowest BCUT2D eigenvalue weighted by Crippen LogP contribution is -2.51. The minimum atomic E-state index is -1.11. The van der Waals surface area contributed by atoms with E-state index >= 15 is 0 Å². The number of hydrogen-bond acceptors (Lipinski definition) is 5. The number of rotatable bonds is 7. The van der Waals surface area contributed by atoms with Crippen LogP contribution in [0, 0.1) is 5.92 Å². The Morgan fingerprint density at radius 3 is 2.55 bits per heavy atom. The summed E-state index contributed by atoms with van der Waals surface area (Å²) in [6.45, 7) is 5.75. The van der Waals surface area contributed by atoms with Crippen molar-refractivity contribution in [2.24, 2.45) is 5.92 Å². The minimum Gasteiger partial charge on any atom is -0.393 e. The topological polar surface area (TPSA) is 82.7 Å². The second-order valence-electron chi connectivity index (χ2n) is 7.34. The van der Waals surface area contributed by atoms with Crippen LogP contribution in [0.4, 0.5) is 0 Å². The largest absolute Gasteiger partial charge is 0.393 e. The predicted octanol–water partition coefficient (Wildman–Crippen LogP) is 2.57. The van der Waals surface area contributed by atoms with Gasteiger partial charge in [0.1, 0.15) is 5.60 Å². The molecule has 1 aliphatic rings. The van der Waals surface area contributed by atoms with Gasteiger partial charge in [0.15, 0.2) is 6.23 Å². The van der Waals surface area contributed by atoms with E-state index < -0.39 is 25.3 Å². The minimum absolute atomic E-state index is 0.155. The zero-order valence-corrected chi connectivity index (χ0v) is 18.9. The van der Waals surface area contributed by atoms with Gasteiger partial charge in [0.05, 0.1) is 19.3 Å². The second-order valence-corrected chi connectivity index (χ2v) is 11.1. The Labute approximate surface area is 173 Å². The monoisotopic (exact) mass is 438 g/mol. The van der Waals surface area contributed by atoms with Crippen molar-refractivity contribution in [1.29, 1.82) is 0 Å². The molecule has 1 aliphatic heterocycles. The Bertz CT molecular complexity index is 946. The molecule has 0 spiro atoms. The van der Waals surface area contributed by atoms with E-state index in [1.165, 1.54) is 21.2 Å². The zero-order valence-electron chi connectivity index (χ0n) is 16.9. The van der Waals surface area contributed by atoms with Crippen molar-refractivity contribution in [3.63, 3.8) is 0 Å². The van der Waals surface area contributed by atoms with Crippen LogP contribution in [0.2, 0.25) is 0 Å². The Balaban J connectivity index is 2.06. The average Bonchev–Trinajstić information content (AvgIpc) is 2.99. The van der Waals surface area contributed by atoms with Crippen molar-refractivity contribution < 1.29 is 14.6 Å². The normalized spacial score (nSPS) is 27.8. The number of nitrogens with zero attached hydrogens (tertiary/aromatic N) is 2. The van der Waals surface area contributed by atoms with E-state index in [-0.39, 0.29) is 30.8 Å². The molecule has 1 saturated heterocycles. The first-order chi connectivity index (χ1) is 13.9. The molecular formula is C20H28N2O5P2. The van der Waals surface area contributed by atoms with E-state index in [1.54, 1.807) is 0 Å². The van der Waals surface area contributed by atoms with Gasteiger partial charge >= 0.3 is 5.69 Å². The van der Waals surface area contributed by atoms with Crippen LogP contribution in [0.5, 0.6) is 0 Å². The summed E-state index contributed by atoms with van der Waals surface area (Å²) in [5, 5.41) is 10.4. The van der Waals surface area contributed by atoms with Gasteiger partial charge in [-0.3, -0.25) is 9.36 Å². The third-order valence-electron chi connectivity index (χ3n) is 5.61. The number of ether oxygens (including phenoxy) is 2. The maximum Gasteiger partial charge on any atom is 0.336 e. The summed E-state index contributed by atoms with van der Waals surface area (Å²) in [6, 6.07) is 11.0. The highest BCUT2D eigenvalue weighted by Crippen LogP contribution is 2.46. The third kappa shape index (κ3) is 4.12. The summed E-state index contributed by atoms with van der Waals surface area (Å²) in [5.74, 6) is -0.155. The van der Waals surface area contributed by atoms with Gasteiger partial charge in [-0.15, -0.1) is 0 Å². The number of aliphatic hydroxyl groups excluding tert-OH is 1. The zero-order chi connectivity index (χ0) is 21.2. The molecule has 2 aromatic rings. The van der Waals surface area contributed by atoms with Gasteiger partial charge in [-0.25, -0.2) is 9.13 Å². The highest BCUT2D eigenvalue weighted by molar-refractivity contribution is 8.12. The van der Waals surface area contributed by atoms with Gasteiger partial charge in [0, 0.05) is 25.9 Å². The maximum absolute atomic E-state index is 13.1. The van der Waals surface area contributed by atoms with Crippen molar-refractivity contribution in [2.75, 3.05) is 13.3 Å². The van der Waals surface area contributed by atoms with E-state index in [0.29, 0.717) is 6.42 Å². The van der Waals surface area contributed by atoms with Crippen molar-refractivity contribution in [3.8, 4) is 0 Å². The predicted molar refractivity (Wildman–Crippen MR) is 117 cm³/mol. The molecular weight excluding hydrogens is 410 g/mol. The number of benzene rings is 1.